The summed E-state index contributed by atoms with van der Waals surface area (Å²) in [6, 6.07) is 0.305. The Morgan fingerprint density at radius 2 is 2.09 bits per heavy atom. The highest BCUT2D eigenvalue weighted by molar-refractivity contribution is 7.89. The Balaban J connectivity index is 2.02. The average molecular weight is 344 g/mol. The Labute approximate surface area is 138 Å². The molecule has 23 heavy (non-hydrogen) atoms. The van der Waals surface area contributed by atoms with Gasteiger partial charge in [0.25, 0.3) is 0 Å². The first kappa shape index (κ1) is 18.4. The predicted octanol–water partition coefficient (Wildman–Crippen LogP) is 0.363. The minimum Gasteiger partial charge on any atom is -0.396 e. The van der Waals surface area contributed by atoms with Gasteiger partial charge in [0, 0.05) is 64.4 Å². The zero-order chi connectivity index (χ0) is 17.2. The monoisotopic (exact) mass is 344 g/mol. The number of aliphatic hydroxyl groups excluding tert-OH is 1. The average Bonchev–Trinajstić information content (AvgIpc) is 3.11. The molecule has 7 nitrogen and oxygen atoms in total. The van der Waals surface area contributed by atoms with Gasteiger partial charge in [0.05, 0.1) is 11.9 Å². The molecule has 1 N–H and O–H groups in total. The predicted molar refractivity (Wildman–Crippen MR) is 89.8 cm³/mol. The van der Waals surface area contributed by atoms with Crippen LogP contribution in [0, 0.1) is 5.92 Å². The number of aliphatic hydroxyl groups is 1. The maximum absolute atomic E-state index is 11.9. The molecule has 1 aromatic heterocycles. The Hall–Kier alpha value is -0.960. The van der Waals surface area contributed by atoms with Gasteiger partial charge in [0.15, 0.2) is 0 Å². The van der Waals surface area contributed by atoms with Gasteiger partial charge >= 0.3 is 0 Å². The summed E-state index contributed by atoms with van der Waals surface area (Å²) >= 11 is 0. The van der Waals surface area contributed by atoms with Crippen LogP contribution in [0.5, 0.6) is 0 Å². The molecule has 132 valence electrons. The zero-order valence-corrected chi connectivity index (χ0v) is 15.2. The van der Waals surface area contributed by atoms with Gasteiger partial charge in [-0.15, -0.1) is 0 Å². The number of hydrogen-bond donors (Lipinski definition) is 1. The lowest BCUT2D eigenvalue weighted by molar-refractivity contribution is 0.216. The number of hydrogen-bond acceptors (Lipinski definition) is 5. The first-order chi connectivity index (χ1) is 10.7. The minimum absolute atomic E-state index is 0.106. The van der Waals surface area contributed by atoms with Gasteiger partial charge in [0.1, 0.15) is 0 Å². The Bertz CT molecular complexity index is 612. The van der Waals surface area contributed by atoms with E-state index in [2.05, 4.69) is 23.8 Å². The molecule has 1 aliphatic heterocycles. The highest BCUT2D eigenvalue weighted by atomic mass is 32.2. The van der Waals surface area contributed by atoms with E-state index in [0.29, 0.717) is 12.6 Å². The highest BCUT2D eigenvalue weighted by Crippen LogP contribution is 2.32. The fraction of sp³-hybridized carbons (Fsp3) is 0.800. The van der Waals surface area contributed by atoms with E-state index in [4.69, 9.17) is 0 Å². The SMILES string of the molecule is CC(C)n1cc([C@@H]2CN(CCS(=O)(=O)N(C)C)C[C@H]2CO)cn1. The molecule has 0 aliphatic carbocycles. The summed E-state index contributed by atoms with van der Waals surface area (Å²) in [5, 5.41) is 14.0. The van der Waals surface area contributed by atoms with Crippen molar-refractivity contribution in [2.45, 2.75) is 25.8 Å². The van der Waals surface area contributed by atoms with Crippen molar-refractivity contribution in [3.8, 4) is 0 Å². The van der Waals surface area contributed by atoms with Crippen molar-refractivity contribution < 1.29 is 13.5 Å². The van der Waals surface area contributed by atoms with Crippen LogP contribution in [0.4, 0.5) is 0 Å². The molecule has 2 heterocycles. The molecule has 0 spiro atoms. The van der Waals surface area contributed by atoms with E-state index in [9.17, 15) is 13.5 Å². The van der Waals surface area contributed by atoms with Gasteiger partial charge in [-0.1, -0.05) is 0 Å². The van der Waals surface area contributed by atoms with Crippen LogP contribution >= 0.6 is 0 Å². The Morgan fingerprint density at radius 1 is 1.39 bits per heavy atom. The molecule has 0 aromatic carbocycles. The maximum Gasteiger partial charge on any atom is 0.214 e. The first-order valence-corrected chi connectivity index (χ1v) is 9.63. The minimum atomic E-state index is -3.19. The van der Waals surface area contributed by atoms with E-state index in [1.165, 1.54) is 4.31 Å². The third-order valence-electron chi connectivity index (χ3n) is 4.55. The number of rotatable bonds is 7. The lowest BCUT2D eigenvalue weighted by Gasteiger charge is -2.17. The third kappa shape index (κ3) is 4.32. The van der Waals surface area contributed by atoms with E-state index >= 15 is 0 Å². The summed E-state index contributed by atoms with van der Waals surface area (Å²) in [5.41, 5.74) is 1.12. The third-order valence-corrected chi connectivity index (χ3v) is 6.36. The summed E-state index contributed by atoms with van der Waals surface area (Å²) in [4.78, 5) is 2.12. The van der Waals surface area contributed by atoms with Gasteiger partial charge in [0.2, 0.25) is 10.0 Å². The maximum atomic E-state index is 11.9. The Kier molecular flexibility index (Phi) is 5.83. The topological polar surface area (TPSA) is 78.7 Å². The Morgan fingerprint density at radius 3 is 2.61 bits per heavy atom. The molecule has 0 amide bonds. The zero-order valence-electron chi connectivity index (χ0n) is 14.4. The van der Waals surface area contributed by atoms with Crippen molar-refractivity contribution in [3.05, 3.63) is 18.0 Å². The molecule has 2 rings (SSSR count). The van der Waals surface area contributed by atoms with Crippen LogP contribution in [0.3, 0.4) is 0 Å². The van der Waals surface area contributed by atoms with Gasteiger partial charge < -0.3 is 10.0 Å². The summed E-state index contributed by atoms with van der Waals surface area (Å²) in [6.45, 7) is 6.23. The van der Waals surface area contributed by atoms with Crippen molar-refractivity contribution in [1.29, 1.82) is 0 Å². The van der Waals surface area contributed by atoms with Crippen molar-refractivity contribution in [3.63, 3.8) is 0 Å². The lowest BCUT2D eigenvalue weighted by Crippen LogP contribution is -2.33. The summed E-state index contributed by atoms with van der Waals surface area (Å²) in [7, 11) is -0.0774. The quantitative estimate of drug-likeness (QED) is 0.773. The smallest absolute Gasteiger partial charge is 0.214 e. The van der Waals surface area contributed by atoms with Crippen LogP contribution in [0.15, 0.2) is 12.4 Å². The number of nitrogens with zero attached hydrogens (tertiary/aromatic N) is 4. The van der Waals surface area contributed by atoms with Crippen LogP contribution in [0.2, 0.25) is 0 Å². The fourth-order valence-corrected chi connectivity index (χ4v) is 3.81. The van der Waals surface area contributed by atoms with Crippen molar-refractivity contribution >= 4 is 10.0 Å². The van der Waals surface area contributed by atoms with E-state index < -0.39 is 10.0 Å². The molecule has 0 radical (unpaired) electrons. The van der Waals surface area contributed by atoms with Crippen molar-refractivity contribution in [1.82, 2.24) is 19.0 Å². The van der Waals surface area contributed by atoms with E-state index in [-0.39, 0.29) is 24.2 Å². The van der Waals surface area contributed by atoms with Gasteiger partial charge in [-0.2, -0.15) is 5.10 Å². The van der Waals surface area contributed by atoms with Crippen LogP contribution in [-0.4, -0.2) is 78.6 Å². The van der Waals surface area contributed by atoms with Crippen molar-refractivity contribution in [2.24, 2.45) is 5.92 Å². The molecule has 0 bridgehead atoms. The molecule has 1 aromatic rings. The van der Waals surface area contributed by atoms with Gasteiger partial charge in [-0.25, -0.2) is 12.7 Å². The van der Waals surface area contributed by atoms with E-state index in [1.807, 2.05) is 17.1 Å². The summed E-state index contributed by atoms with van der Waals surface area (Å²) in [6.07, 6.45) is 3.91. The van der Waals surface area contributed by atoms with Crippen LogP contribution < -0.4 is 0 Å². The van der Waals surface area contributed by atoms with Gasteiger partial charge in [-0.3, -0.25) is 4.68 Å². The number of sulfonamides is 1. The molecular weight excluding hydrogens is 316 g/mol. The molecule has 2 atom stereocenters. The fourth-order valence-electron chi connectivity index (χ4n) is 2.96. The molecule has 1 fully saturated rings. The summed E-state index contributed by atoms with van der Waals surface area (Å²) in [5.74, 6) is 0.437. The second-order valence-corrected chi connectivity index (χ2v) is 9.06. The van der Waals surface area contributed by atoms with Crippen LogP contribution in [0.1, 0.15) is 31.4 Å². The van der Waals surface area contributed by atoms with E-state index in [0.717, 1.165) is 18.7 Å². The van der Waals surface area contributed by atoms with Crippen molar-refractivity contribution in [2.75, 3.05) is 46.1 Å². The first-order valence-electron chi connectivity index (χ1n) is 8.02. The highest BCUT2D eigenvalue weighted by Gasteiger charge is 2.34. The molecule has 8 heteroatoms. The molecule has 0 saturated carbocycles. The largest absolute Gasteiger partial charge is 0.396 e. The number of aromatic nitrogens is 2. The van der Waals surface area contributed by atoms with Crippen LogP contribution in [-0.2, 0) is 10.0 Å². The standard InChI is InChI=1S/C15H28N4O3S/c1-12(2)19-9-13(7-16-19)15-10-18(8-14(15)11-20)5-6-23(21,22)17(3)4/h7,9,12,14-15,20H,5-6,8,10-11H2,1-4H3/t14-,15-/m0/s1. The summed E-state index contributed by atoms with van der Waals surface area (Å²) < 4.78 is 27.0. The second-order valence-electron chi connectivity index (χ2n) is 6.75. The van der Waals surface area contributed by atoms with Gasteiger partial charge in [-0.05, 0) is 19.4 Å². The molecular formula is C15H28N4O3S. The normalized spacial score (nSPS) is 23.3. The lowest BCUT2D eigenvalue weighted by atomic mass is 9.92. The molecule has 1 aliphatic rings. The molecule has 0 unspecified atom stereocenters. The van der Waals surface area contributed by atoms with Crippen LogP contribution in [0.25, 0.3) is 0 Å². The van der Waals surface area contributed by atoms with E-state index in [1.54, 1.807) is 14.1 Å². The second kappa shape index (κ2) is 7.29. The molecule has 1 saturated heterocycles. The number of likely N-dealkylation sites (tertiary alicyclic amines) is 1.